The molecule has 0 bridgehead atoms. The number of carbonyl (C=O) groups is 1. The van der Waals surface area contributed by atoms with Gasteiger partial charge in [-0.3, -0.25) is 0 Å². The van der Waals surface area contributed by atoms with E-state index >= 15 is 0 Å². The minimum Gasteiger partial charge on any atom is -0.489 e. The van der Waals surface area contributed by atoms with Gasteiger partial charge in [-0.1, -0.05) is 36.4 Å². The van der Waals surface area contributed by atoms with Gasteiger partial charge in [0.1, 0.15) is 18.2 Å². The van der Waals surface area contributed by atoms with Crippen molar-refractivity contribution in [2.75, 3.05) is 11.9 Å². The fraction of sp³-hybridized carbons (Fsp3) is 0.167. The minimum atomic E-state index is -0.322. The van der Waals surface area contributed by atoms with Crippen molar-refractivity contribution >= 4 is 11.7 Å². The standard InChI is InChI=1S/C24H22FN3O2/c25-21-5-1-3-19(15-21)12-14-27-24(29)28-22-6-2-4-20(16-22)17-30-23-9-7-18(8-10-23)11-13-26/h1-10,15-16H,11-12,14,17H2,(H2,27,28,29). The zero-order valence-corrected chi connectivity index (χ0v) is 16.4. The van der Waals surface area contributed by atoms with Crippen LogP contribution in [0.3, 0.4) is 0 Å². The first-order valence-electron chi connectivity index (χ1n) is 9.59. The Balaban J connectivity index is 1.46. The first-order chi connectivity index (χ1) is 14.6. The van der Waals surface area contributed by atoms with Crippen LogP contribution in [-0.2, 0) is 19.4 Å². The lowest BCUT2D eigenvalue weighted by Gasteiger charge is -2.10. The molecule has 0 heterocycles. The van der Waals surface area contributed by atoms with Crippen LogP contribution in [0.1, 0.15) is 16.7 Å². The summed E-state index contributed by atoms with van der Waals surface area (Å²) in [7, 11) is 0. The predicted molar refractivity (Wildman–Crippen MR) is 114 cm³/mol. The summed E-state index contributed by atoms with van der Waals surface area (Å²) >= 11 is 0. The van der Waals surface area contributed by atoms with Crippen molar-refractivity contribution in [3.8, 4) is 11.8 Å². The molecule has 5 nitrogen and oxygen atoms in total. The fourth-order valence-corrected chi connectivity index (χ4v) is 2.89. The molecule has 0 aliphatic carbocycles. The van der Waals surface area contributed by atoms with E-state index in [4.69, 9.17) is 10.00 Å². The Bertz CT molecular complexity index is 1030. The molecule has 2 N–H and O–H groups in total. The van der Waals surface area contributed by atoms with E-state index < -0.39 is 0 Å². The summed E-state index contributed by atoms with van der Waals surface area (Å²) in [5.41, 5.74) is 3.34. The quantitative estimate of drug-likeness (QED) is 0.565. The van der Waals surface area contributed by atoms with Crippen LogP contribution in [0.5, 0.6) is 5.75 Å². The fourth-order valence-electron chi connectivity index (χ4n) is 2.89. The Labute approximate surface area is 175 Å². The van der Waals surface area contributed by atoms with Gasteiger partial charge in [-0.25, -0.2) is 9.18 Å². The second kappa shape index (κ2) is 10.6. The van der Waals surface area contributed by atoms with E-state index in [1.165, 1.54) is 12.1 Å². The lowest BCUT2D eigenvalue weighted by molar-refractivity contribution is 0.252. The van der Waals surface area contributed by atoms with Crippen LogP contribution in [0.25, 0.3) is 0 Å². The van der Waals surface area contributed by atoms with Crippen LogP contribution < -0.4 is 15.4 Å². The van der Waals surface area contributed by atoms with Gasteiger partial charge >= 0.3 is 6.03 Å². The van der Waals surface area contributed by atoms with Gasteiger partial charge in [0.25, 0.3) is 0 Å². The number of rotatable bonds is 8. The Morgan fingerprint density at radius 1 is 0.967 bits per heavy atom. The van der Waals surface area contributed by atoms with Crippen molar-refractivity contribution in [3.05, 3.63) is 95.3 Å². The topological polar surface area (TPSA) is 74.1 Å². The van der Waals surface area contributed by atoms with Crippen LogP contribution in [0.4, 0.5) is 14.9 Å². The molecule has 3 rings (SSSR count). The number of nitriles is 1. The maximum atomic E-state index is 13.2. The molecule has 0 aromatic heterocycles. The van der Waals surface area contributed by atoms with Crippen molar-refractivity contribution in [1.29, 1.82) is 5.26 Å². The van der Waals surface area contributed by atoms with Crippen molar-refractivity contribution in [3.63, 3.8) is 0 Å². The summed E-state index contributed by atoms with van der Waals surface area (Å²) in [6.07, 6.45) is 0.921. The van der Waals surface area contributed by atoms with Crippen molar-refractivity contribution in [2.45, 2.75) is 19.4 Å². The molecule has 0 aliphatic rings. The van der Waals surface area contributed by atoms with E-state index in [0.717, 1.165) is 16.7 Å². The molecule has 3 aromatic rings. The largest absolute Gasteiger partial charge is 0.489 e. The molecule has 0 saturated heterocycles. The Hall–Kier alpha value is -3.85. The number of benzene rings is 3. The van der Waals surface area contributed by atoms with Crippen LogP contribution in [0.2, 0.25) is 0 Å². The summed E-state index contributed by atoms with van der Waals surface area (Å²) in [4.78, 5) is 12.1. The van der Waals surface area contributed by atoms with Crippen molar-refractivity contribution < 1.29 is 13.9 Å². The summed E-state index contributed by atoms with van der Waals surface area (Å²) in [6.45, 7) is 0.758. The highest BCUT2D eigenvalue weighted by Crippen LogP contribution is 2.16. The van der Waals surface area contributed by atoms with E-state index in [1.54, 1.807) is 12.1 Å². The first kappa shape index (κ1) is 20.9. The molecule has 3 aromatic carbocycles. The number of hydrogen-bond acceptors (Lipinski definition) is 3. The lowest BCUT2D eigenvalue weighted by atomic mass is 10.1. The number of anilines is 1. The molecule has 6 heteroatoms. The molecule has 0 spiro atoms. The molecule has 0 unspecified atom stereocenters. The number of nitrogens with zero attached hydrogens (tertiary/aromatic N) is 1. The zero-order valence-electron chi connectivity index (χ0n) is 16.4. The summed E-state index contributed by atoms with van der Waals surface area (Å²) < 4.78 is 18.9. The molecular formula is C24H22FN3O2. The van der Waals surface area contributed by atoms with Gasteiger partial charge in [-0.15, -0.1) is 0 Å². The van der Waals surface area contributed by atoms with Crippen LogP contribution in [0, 0.1) is 17.1 Å². The van der Waals surface area contributed by atoms with Gasteiger partial charge in [0.05, 0.1) is 12.5 Å². The number of nitrogens with one attached hydrogen (secondary N) is 2. The zero-order chi connectivity index (χ0) is 21.2. The SMILES string of the molecule is N#CCc1ccc(OCc2cccc(NC(=O)NCCc3cccc(F)c3)c2)cc1. The predicted octanol–water partition coefficient (Wildman–Crippen LogP) is 4.83. The highest BCUT2D eigenvalue weighted by Gasteiger charge is 2.04. The van der Waals surface area contributed by atoms with Gasteiger partial charge in [0.2, 0.25) is 0 Å². The van der Waals surface area contributed by atoms with Crippen LogP contribution >= 0.6 is 0 Å². The molecule has 30 heavy (non-hydrogen) atoms. The number of ether oxygens (including phenoxy) is 1. The average molecular weight is 403 g/mol. The van der Waals surface area contributed by atoms with Crippen LogP contribution in [0.15, 0.2) is 72.8 Å². The Morgan fingerprint density at radius 2 is 1.73 bits per heavy atom. The number of halogens is 1. The van der Waals surface area contributed by atoms with Gasteiger partial charge in [0, 0.05) is 12.2 Å². The Morgan fingerprint density at radius 3 is 2.50 bits per heavy atom. The van der Waals surface area contributed by atoms with E-state index in [1.807, 2.05) is 48.5 Å². The first-order valence-corrected chi connectivity index (χ1v) is 9.59. The number of urea groups is 1. The van der Waals surface area contributed by atoms with Crippen molar-refractivity contribution in [2.24, 2.45) is 0 Å². The molecule has 152 valence electrons. The van der Waals surface area contributed by atoms with Gasteiger partial charge < -0.3 is 15.4 Å². The monoisotopic (exact) mass is 403 g/mol. The molecular weight excluding hydrogens is 381 g/mol. The molecule has 0 aliphatic heterocycles. The second-order valence-corrected chi connectivity index (χ2v) is 6.73. The number of hydrogen-bond donors (Lipinski definition) is 2. The molecule has 2 amide bonds. The second-order valence-electron chi connectivity index (χ2n) is 6.73. The third-order valence-corrected chi connectivity index (χ3v) is 4.39. The summed E-state index contributed by atoms with van der Waals surface area (Å²) in [5, 5.41) is 14.3. The summed E-state index contributed by atoms with van der Waals surface area (Å²) in [6, 6.07) is 22.9. The molecule has 0 radical (unpaired) electrons. The van der Waals surface area contributed by atoms with Crippen LogP contribution in [-0.4, -0.2) is 12.6 Å². The highest BCUT2D eigenvalue weighted by molar-refractivity contribution is 5.89. The molecule has 0 atom stereocenters. The van der Waals surface area contributed by atoms with E-state index in [0.29, 0.717) is 37.4 Å². The van der Waals surface area contributed by atoms with E-state index in [-0.39, 0.29) is 11.8 Å². The Kier molecular flexibility index (Phi) is 7.39. The molecule has 0 fully saturated rings. The third kappa shape index (κ3) is 6.64. The highest BCUT2D eigenvalue weighted by atomic mass is 19.1. The normalized spacial score (nSPS) is 10.1. The minimum absolute atomic E-state index is 0.283. The number of carbonyl (C=O) groups excluding carboxylic acids is 1. The lowest BCUT2D eigenvalue weighted by Crippen LogP contribution is -2.30. The smallest absolute Gasteiger partial charge is 0.319 e. The average Bonchev–Trinajstić information content (AvgIpc) is 2.74. The molecule has 0 saturated carbocycles. The van der Waals surface area contributed by atoms with Gasteiger partial charge in [-0.2, -0.15) is 5.26 Å². The van der Waals surface area contributed by atoms with Gasteiger partial charge in [-0.05, 0) is 59.5 Å². The third-order valence-electron chi connectivity index (χ3n) is 4.39. The van der Waals surface area contributed by atoms with E-state index in [2.05, 4.69) is 16.7 Å². The summed E-state index contributed by atoms with van der Waals surface area (Å²) in [5.74, 6) is 0.430. The van der Waals surface area contributed by atoms with Gasteiger partial charge in [0.15, 0.2) is 0 Å². The number of amides is 2. The maximum Gasteiger partial charge on any atom is 0.319 e. The van der Waals surface area contributed by atoms with E-state index in [9.17, 15) is 9.18 Å². The maximum absolute atomic E-state index is 13.2. The van der Waals surface area contributed by atoms with Crippen molar-refractivity contribution in [1.82, 2.24) is 5.32 Å².